The van der Waals surface area contributed by atoms with Crippen molar-refractivity contribution in [2.24, 2.45) is 0 Å². The number of nitrogens with zero attached hydrogens (tertiary/aromatic N) is 1. The maximum atomic E-state index is 13.0. The molecule has 2 aromatic rings. The smallest absolute Gasteiger partial charge is 0.430 e. The summed E-state index contributed by atoms with van der Waals surface area (Å²) in [6.07, 6.45) is -9.68. The third kappa shape index (κ3) is 4.29. The number of alkyl halides is 6. The second kappa shape index (κ2) is 7.90. The van der Waals surface area contributed by atoms with Crippen LogP contribution < -0.4 is 0 Å². The molecule has 0 aliphatic rings. The minimum Gasteiger partial charge on any atom is -0.463 e. The first kappa shape index (κ1) is 22.5. The summed E-state index contributed by atoms with van der Waals surface area (Å²) >= 11 is 0. The number of hydrogen-bond acceptors (Lipinski definition) is 5. The fraction of sp³-hybridized carbons (Fsp3) is 0.333. The van der Waals surface area contributed by atoms with Crippen LogP contribution in [-0.2, 0) is 15.1 Å². The van der Waals surface area contributed by atoms with Crippen LogP contribution in [0.1, 0.15) is 23.9 Å². The van der Waals surface area contributed by atoms with Crippen molar-refractivity contribution in [3.63, 3.8) is 0 Å². The minimum atomic E-state index is -5.98. The fourth-order valence-corrected chi connectivity index (χ4v) is 2.56. The van der Waals surface area contributed by atoms with Crippen molar-refractivity contribution in [3.8, 4) is 11.1 Å². The molecule has 1 aromatic heterocycles. The molecule has 0 unspecified atom stereocenters. The van der Waals surface area contributed by atoms with Crippen molar-refractivity contribution >= 4 is 12.0 Å². The average Bonchev–Trinajstić information content (AvgIpc) is 2.98. The van der Waals surface area contributed by atoms with Crippen LogP contribution in [0.5, 0.6) is 0 Å². The zero-order valence-electron chi connectivity index (χ0n) is 15.1. The first-order chi connectivity index (χ1) is 13.3. The Balaban J connectivity index is 2.46. The number of aliphatic hydroxyl groups is 1. The van der Waals surface area contributed by atoms with Crippen molar-refractivity contribution in [3.05, 3.63) is 47.4 Å². The van der Waals surface area contributed by atoms with E-state index in [1.165, 1.54) is 13.0 Å². The fourth-order valence-electron chi connectivity index (χ4n) is 2.56. The monoisotopic (exact) mass is 423 g/mol. The molecule has 0 radical (unpaired) electrons. The quantitative estimate of drug-likeness (QED) is 0.434. The summed E-state index contributed by atoms with van der Waals surface area (Å²) in [5, 5.41) is 13.1. The number of ether oxygens (including phenoxy) is 1. The first-order valence-electron chi connectivity index (χ1n) is 8.10. The van der Waals surface area contributed by atoms with Gasteiger partial charge < -0.3 is 14.4 Å². The lowest BCUT2D eigenvalue weighted by Gasteiger charge is -2.32. The molecule has 2 rings (SSSR count). The van der Waals surface area contributed by atoms with E-state index in [2.05, 4.69) is 5.16 Å². The number of carbonyl (C=O) groups excluding carboxylic acids is 1. The highest BCUT2D eigenvalue weighted by molar-refractivity contribution is 5.88. The lowest BCUT2D eigenvalue weighted by Crippen LogP contribution is -2.53. The Morgan fingerprint density at radius 3 is 2.17 bits per heavy atom. The van der Waals surface area contributed by atoms with E-state index in [-0.39, 0.29) is 29.2 Å². The molecule has 0 saturated carbocycles. The summed E-state index contributed by atoms with van der Waals surface area (Å²) in [6.45, 7) is 3.21. The van der Waals surface area contributed by atoms with Crippen LogP contribution >= 0.6 is 0 Å². The summed E-state index contributed by atoms with van der Waals surface area (Å²) in [6, 6.07) is 2.95. The van der Waals surface area contributed by atoms with E-state index in [9.17, 15) is 36.2 Å². The summed E-state index contributed by atoms with van der Waals surface area (Å²) in [4.78, 5) is 11.4. The van der Waals surface area contributed by atoms with Gasteiger partial charge in [-0.05, 0) is 25.5 Å². The molecule has 0 atom stereocenters. The Labute approximate surface area is 160 Å². The lowest BCUT2D eigenvalue weighted by atomic mass is 9.90. The van der Waals surface area contributed by atoms with Crippen LogP contribution in [0.25, 0.3) is 17.2 Å². The van der Waals surface area contributed by atoms with Gasteiger partial charge in [0.1, 0.15) is 11.5 Å². The molecule has 0 spiro atoms. The molecular formula is C18H15F6NO4. The maximum absolute atomic E-state index is 13.0. The maximum Gasteiger partial charge on any atom is 0.430 e. The van der Waals surface area contributed by atoms with Gasteiger partial charge in [-0.1, -0.05) is 29.4 Å². The van der Waals surface area contributed by atoms with Gasteiger partial charge in [0.15, 0.2) is 0 Å². The highest BCUT2D eigenvalue weighted by Gasteiger charge is 2.71. The van der Waals surface area contributed by atoms with E-state index in [1.54, 1.807) is 6.92 Å². The molecule has 1 N–H and O–H groups in total. The Kier molecular flexibility index (Phi) is 6.12. The van der Waals surface area contributed by atoms with Gasteiger partial charge in [-0.2, -0.15) is 26.3 Å². The number of halogens is 6. The molecule has 0 amide bonds. The highest BCUT2D eigenvalue weighted by Crippen LogP contribution is 2.50. The lowest BCUT2D eigenvalue weighted by molar-refractivity contribution is -0.376. The van der Waals surface area contributed by atoms with Crippen LogP contribution in [0.3, 0.4) is 0 Å². The molecular weight excluding hydrogens is 408 g/mol. The summed E-state index contributed by atoms with van der Waals surface area (Å²) < 4.78 is 87.6. The molecule has 5 nitrogen and oxygen atoms in total. The van der Waals surface area contributed by atoms with Crippen LogP contribution in [-0.4, -0.2) is 35.2 Å². The molecule has 1 aromatic carbocycles. The van der Waals surface area contributed by atoms with E-state index >= 15 is 0 Å². The molecule has 11 heteroatoms. The second-order valence-corrected chi connectivity index (χ2v) is 5.87. The van der Waals surface area contributed by atoms with Crippen LogP contribution in [0.4, 0.5) is 26.3 Å². The van der Waals surface area contributed by atoms with E-state index in [0.717, 1.165) is 18.2 Å². The van der Waals surface area contributed by atoms with Gasteiger partial charge in [-0.3, -0.25) is 0 Å². The number of aryl methyl sites for hydroxylation is 1. The molecule has 1 heterocycles. The molecule has 0 aliphatic carbocycles. The van der Waals surface area contributed by atoms with Crippen molar-refractivity contribution in [1.29, 1.82) is 0 Å². The SMILES string of the molecule is CCOC(=O)/C=C/c1noc(C)c1-c1ccc(C(O)(C(F)(F)F)C(F)(F)F)cc1. The van der Waals surface area contributed by atoms with Gasteiger partial charge in [0.25, 0.3) is 5.60 Å². The molecule has 158 valence electrons. The molecule has 29 heavy (non-hydrogen) atoms. The van der Waals surface area contributed by atoms with Gasteiger partial charge in [-0.15, -0.1) is 0 Å². The minimum absolute atomic E-state index is 0.116. The number of aromatic nitrogens is 1. The van der Waals surface area contributed by atoms with Crippen LogP contribution in [0, 0.1) is 6.92 Å². The Bertz CT molecular complexity index is 883. The number of carbonyl (C=O) groups is 1. The predicted molar refractivity (Wildman–Crippen MR) is 88.3 cm³/mol. The Hall–Kier alpha value is -2.82. The largest absolute Gasteiger partial charge is 0.463 e. The van der Waals surface area contributed by atoms with Gasteiger partial charge in [0.05, 0.1) is 12.2 Å². The molecule has 0 saturated heterocycles. The number of hydrogen-bond donors (Lipinski definition) is 1. The molecule has 0 aliphatic heterocycles. The van der Waals surface area contributed by atoms with E-state index in [1.807, 2.05) is 0 Å². The standard InChI is InChI=1S/C18H15F6NO4/c1-3-28-14(26)9-8-13-15(10(2)29-25-13)11-4-6-12(7-5-11)16(27,17(19,20)21)18(22,23)24/h4-9,27H,3H2,1-2H3/b9-8+. The third-order valence-electron chi connectivity index (χ3n) is 3.96. The third-order valence-corrected chi connectivity index (χ3v) is 3.96. The Morgan fingerprint density at radius 1 is 1.14 bits per heavy atom. The van der Waals surface area contributed by atoms with E-state index in [4.69, 9.17) is 9.26 Å². The first-order valence-corrected chi connectivity index (χ1v) is 8.10. The van der Waals surface area contributed by atoms with E-state index in [0.29, 0.717) is 12.1 Å². The van der Waals surface area contributed by atoms with Crippen molar-refractivity contribution in [2.45, 2.75) is 31.8 Å². The Morgan fingerprint density at radius 2 is 1.69 bits per heavy atom. The van der Waals surface area contributed by atoms with Crippen LogP contribution in [0.2, 0.25) is 0 Å². The van der Waals surface area contributed by atoms with Crippen molar-refractivity contribution in [2.75, 3.05) is 6.61 Å². The van der Waals surface area contributed by atoms with Crippen molar-refractivity contribution < 1.29 is 45.5 Å². The highest BCUT2D eigenvalue weighted by atomic mass is 19.4. The number of rotatable bonds is 5. The van der Waals surface area contributed by atoms with E-state index < -0.39 is 29.5 Å². The van der Waals surface area contributed by atoms with Gasteiger partial charge in [0.2, 0.25) is 0 Å². The van der Waals surface area contributed by atoms with Gasteiger partial charge in [-0.25, -0.2) is 4.79 Å². The van der Waals surface area contributed by atoms with Crippen LogP contribution in [0.15, 0.2) is 34.9 Å². The zero-order chi connectivity index (χ0) is 22.0. The van der Waals surface area contributed by atoms with Gasteiger partial charge >= 0.3 is 18.3 Å². The normalized spacial score (nSPS) is 13.1. The second-order valence-electron chi connectivity index (χ2n) is 5.87. The zero-order valence-corrected chi connectivity index (χ0v) is 15.1. The summed E-state index contributed by atoms with van der Waals surface area (Å²) in [5.41, 5.74) is -5.87. The number of esters is 1. The molecule has 0 bridgehead atoms. The average molecular weight is 423 g/mol. The van der Waals surface area contributed by atoms with Gasteiger partial charge in [0, 0.05) is 11.6 Å². The topological polar surface area (TPSA) is 72.6 Å². The summed E-state index contributed by atoms with van der Waals surface area (Å²) in [7, 11) is 0. The number of benzene rings is 1. The predicted octanol–water partition coefficient (Wildman–Crippen LogP) is 4.54. The summed E-state index contributed by atoms with van der Waals surface area (Å²) in [5.74, 6) is -0.460. The molecule has 0 fully saturated rings. The van der Waals surface area contributed by atoms with Crippen molar-refractivity contribution in [1.82, 2.24) is 5.16 Å².